The molecule has 4 nitrogen and oxygen atoms in total. The number of hydrogen-bond donors (Lipinski definition) is 1. The summed E-state index contributed by atoms with van der Waals surface area (Å²) in [6.45, 7) is 8.00. The van der Waals surface area contributed by atoms with Gasteiger partial charge in [0, 0.05) is 57.4 Å². The summed E-state index contributed by atoms with van der Waals surface area (Å²) in [7, 11) is 1.93. The van der Waals surface area contributed by atoms with Crippen LogP contribution in [0.5, 0.6) is 0 Å². The monoisotopic (exact) mass is 584 g/mol. The summed E-state index contributed by atoms with van der Waals surface area (Å²) in [6, 6.07) is 17.7. The van der Waals surface area contributed by atoms with Crippen molar-refractivity contribution in [3.05, 3.63) is 81.6 Å². The van der Waals surface area contributed by atoms with Crippen LogP contribution in [-0.4, -0.2) is 10.5 Å². The van der Waals surface area contributed by atoms with E-state index in [-0.39, 0.29) is 66.3 Å². The summed E-state index contributed by atoms with van der Waals surface area (Å²) < 4.78 is 1.88. The number of thiazole rings is 1. The summed E-state index contributed by atoms with van der Waals surface area (Å²) in [5.41, 5.74) is 2.83. The minimum atomic E-state index is -0.0276. The van der Waals surface area contributed by atoms with E-state index in [2.05, 4.69) is 11.5 Å². The van der Waals surface area contributed by atoms with Crippen molar-refractivity contribution in [3.8, 4) is 0 Å². The first-order valence-electron chi connectivity index (χ1n) is 9.55. The minimum Gasteiger partial charge on any atom is -0.490 e. The standard InChI is InChI=1S/C21H22N3OS.C2H6.CH4.Yb/c1-15-14-24(3)21(26-15)23-19-12-8-7-11-18(19)13-20(25)22-16(2)17-9-5-4-6-10-17;1-2;;/h4-12,16H,13H2,1-3H3,(H,22,25);1-2H3;1H4;/q-1;;;. The fourth-order valence-corrected chi connectivity index (χ4v) is 3.56. The molecular weight excluding hydrogens is 551 g/mol. The number of rotatable bonds is 5. The number of carbonyl (C=O) groups excluding carboxylic acids is 1. The molecule has 0 saturated carbocycles. The fourth-order valence-electron chi connectivity index (χ4n) is 2.77. The van der Waals surface area contributed by atoms with Gasteiger partial charge in [0.1, 0.15) is 0 Å². The van der Waals surface area contributed by atoms with Gasteiger partial charge >= 0.3 is 0 Å². The Kier molecular flexibility index (Phi) is 14.2. The third kappa shape index (κ3) is 8.54. The molecule has 0 radical (unpaired) electrons. The molecule has 2 aromatic carbocycles. The van der Waals surface area contributed by atoms with Gasteiger partial charge in [0.2, 0.25) is 5.91 Å². The van der Waals surface area contributed by atoms with Crippen LogP contribution in [0, 0.1) is 60.0 Å². The van der Waals surface area contributed by atoms with E-state index in [9.17, 15) is 4.79 Å². The summed E-state index contributed by atoms with van der Waals surface area (Å²) in [5, 5.41) is 3.06. The summed E-state index contributed by atoms with van der Waals surface area (Å²) in [5.74, 6) is -0.0118. The van der Waals surface area contributed by atoms with Crippen LogP contribution in [0.2, 0.25) is 0 Å². The topological polar surface area (TPSA) is 46.4 Å². The summed E-state index contributed by atoms with van der Waals surface area (Å²) >= 11 is 1.58. The first-order chi connectivity index (χ1) is 13.5. The summed E-state index contributed by atoms with van der Waals surface area (Å²) in [4.78, 5) is 19.2. The molecule has 1 aromatic heterocycles. The van der Waals surface area contributed by atoms with Crippen molar-refractivity contribution in [2.24, 2.45) is 12.0 Å². The zero-order chi connectivity index (χ0) is 20.5. The van der Waals surface area contributed by atoms with E-state index in [1.807, 2.05) is 93.9 Å². The quantitative estimate of drug-likeness (QED) is 0.396. The molecule has 1 N–H and O–H groups in total. The Morgan fingerprint density at radius 1 is 1.13 bits per heavy atom. The number of nitrogens with one attached hydrogen (secondary N) is 1. The molecule has 0 aliphatic heterocycles. The third-order valence-electron chi connectivity index (χ3n) is 4.09. The molecule has 1 amide bonds. The van der Waals surface area contributed by atoms with Gasteiger partial charge in [0.15, 0.2) is 0 Å². The van der Waals surface area contributed by atoms with Crippen LogP contribution >= 0.6 is 11.3 Å². The average Bonchev–Trinajstić information content (AvgIpc) is 3.02. The van der Waals surface area contributed by atoms with Gasteiger partial charge in [0.05, 0.1) is 12.5 Å². The number of para-hydroxylation sites is 1. The maximum Gasteiger partial charge on any atom is 0.224 e. The molecule has 1 heterocycles. The molecule has 6 heteroatoms. The van der Waals surface area contributed by atoms with Gasteiger partial charge in [-0.2, -0.15) is 6.20 Å². The predicted molar refractivity (Wildman–Crippen MR) is 123 cm³/mol. The van der Waals surface area contributed by atoms with Crippen molar-refractivity contribution >= 4 is 22.9 Å². The molecular formula is C24H32N3OSYb-. The van der Waals surface area contributed by atoms with Crippen molar-refractivity contribution in [1.29, 1.82) is 0 Å². The van der Waals surface area contributed by atoms with E-state index in [1.165, 1.54) is 0 Å². The molecule has 3 rings (SSSR count). The van der Waals surface area contributed by atoms with Crippen molar-refractivity contribution in [3.63, 3.8) is 0 Å². The minimum absolute atomic E-state index is 0. The Labute approximate surface area is 223 Å². The largest absolute Gasteiger partial charge is 0.490 e. The molecule has 0 fully saturated rings. The number of amides is 1. The van der Waals surface area contributed by atoms with E-state index >= 15 is 0 Å². The van der Waals surface area contributed by atoms with Crippen LogP contribution in [0.1, 0.15) is 50.2 Å². The zero-order valence-corrected chi connectivity index (χ0v) is 20.0. The van der Waals surface area contributed by atoms with E-state index in [4.69, 9.17) is 4.99 Å². The SMILES string of the molecule is C.CC.Cc1[c-]n(C)c(=Nc2ccccc2CC(=O)NC(C)c2ccccc2)s1.[Yb]. The Morgan fingerprint density at radius 2 is 1.73 bits per heavy atom. The zero-order valence-electron chi connectivity index (χ0n) is 17.5. The first kappa shape index (κ1) is 28.9. The van der Waals surface area contributed by atoms with Gasteiger partial charge in [-0.25, -0.2) is 11.3 Å². The second-order valence-electron chi connectivity index (χ2n) is 6.23. The smallest absolute Gasteiger partial charge is 0.224 e. The molecule has 0 spiro atoms. The molecule has 0 aliphatic rings. The second-order valence-corrected chi connectivity index (χ2v) is 7.41. The Balaban J connectivity index is 0.00000204. The first-order valence-corrected chi connectivity index (χ1v) is 10.4. The van der Waals surface area contributed by atoms with Crippen molar-refractivity contribution in [2.75, 3.05) is 0 Å². The predicted octanol–water partition coefficient (Wildman–Crippen LogP) is 5.51. The third-order valence-corrected chi connectivity index (χ3v) is 5.04. The van der Waals surface area contributed by atoms with Crippen molar-refractivity contribution in [1.82, 2.24) is 9.88 Å². The van der Waals surface area contributed by atoms with Crippen LogP contribution in [0.25, 0.3) is 0 Å². The molecule has 0 aliphatic carbocycles. The maximum absolute atomic E-state index is 12.5. The summed E-state index contributed by atoms with van der Waals surface area (Å²) in [6.07, 6.45) is 3.49. The van der Waals surface area contributed by atoms with Crippen molar-refractivity contribution in [2.45, 2.75) is 47.6 Å². The van der Waals surface area contributed by atoms with Gasteiger partial charge in [0.25, 0.3) is 0 Å². The number of carbonyl (C=O) groups is 1. The normalized spacial score (nSPS) is 11.3. The van der Waals surface area contributed by atoms with Gasteiger partial charge in [-0.3, -0.25) is 4.79 Å². The fraction of sp³-hybridized carbons (Fsp3) is 0.333. The molecule has 1 unspecified atom stereocenters. The van der Waals surface area contributed by atoms with E-state index < -0.39 is 0 Å². The number of benzene rings is 2. The molecule has 0 bridgehead atoms. The molecule has 0 saturated heterocycles. The number of aryl methyl sites for hydroxylation is 2. The van der Waals surface area contributed by atoms with Gasteiger partial charge in [-0.05, 0) is 38.1 Å². The Hall–Kier alpha value is -1.14. The van der Waals surface area contributed by atoms with Crippen LogP contribution in [-0.2, 0) is 18.3 Å². The van der Waals surface area contributed by atoms with E-state index in [0.717, 1.165) is 26.5 Å². The van der Waals surface area contributed by atoms with Gasteiger partial charge in [-0.1, -0.05) is 74.7 Å². The van der Waals surface area contributed by atoms with Gasteiger partial charge in [-0.15, -0.1) is 0 Å². The molecule has 1 atom stereocenters. The van der Waals surface area contributed by atoms with Gasteiger partial charge < -0.3 is 14.9 Å². The molecule has 30 heavy (non-hydrogen) atoms. The van der Waals surface area contributed by atoms with Crippen molar-refractivity contribution < 1.29 is 51.7 Å². The van der Waals surface area contributed by atoms with Crippen LogP contribution in [0.3, 0.4) is 0 Å². The number of nitrogens with zero attached hydrogens (tertiary/aromatic N) is 2. The number of aromatic nitrogens is 1. The Bertz CT molecular complexity index is 964. The van der Waals surface area contributed by atoms with Crippen LogP contribution in [0.4, 0.5) is 5.69 Å². The Morgan fingerprint density at radius 3 is 2.33 bits per heavy atom. The van der Waals surface area contributed by atoms with E-state index in [1.54, 1.807) is 11.3 Å². The van der Waals surface area contributed by atoms with E-state index in [0.29, 0.717) is 6.42 Å². The second kappa shape index (κ2) is 14.8. The molecule has 3 aromatic rings. The molecule has 170 valence electrons. The maximum atomic E-state index is 12.5. The van der Waals surface area contributed by atoms with Crippen LogP contribution < -0.4 is 10.1 Å². The average molecular weight is 584 g/mol. The van der Waals surface area contributed by atoms with Crippen LogP contribution in [0.15, 0.2) is 59.6 Å². The number of hydrogen-bond acceptors (Lipinski definition) is 3.